The number of hydrogen-bond acceptors (Lipinski definition) is 35. The molecule has 8 unspecified atom stereocenters. The summed E-state index contributed by atoms with van der Waals surface area (Å²) in [6.07, 6.45) is -14.7. The first-order chi connectivity index (χ1) is 53.6. The summed E-state index contributed by atoms with van der Waals surface area (Å²) in [4.78, 5) is 120. The number of imidazole rings is 4. The molecule has 42 nitrogen and oxygen atoms in total. The first-order valence-corrected chi connectivity index (χ1v) is 51.5. The molecular weight excluding hydrogens is 1770 g/mol. The first-order valence-electron chi connectivity index (χ1n) is 35.2. The van der Waals surface area contributed by atoms with Crippen LogP contribution < -0.4 is 33.6 Å². The summed E-state index contributed by atoms with van der Waals surface area (Å²) in [7, 11) is 4.60. The van der Waals surface area contributed by atoms with Crippen molar-refractivity contribution in [3.63, 3.8) is 0 Å². The largest absolute Gasteiger partial charge is 0.408 e. The van der Waals surface area contributed by atoms with Crippen molar-refractivity contribution in [2.45, 2.75) is 234 Å². The molecule has 14 rings (SSSR count). The van der Waals surface area contributed by atoms with Gasteiger partial charge in [-0.05, 0) is 78.6 Å². The van der Waals surface area contributed by atoms with E-state index in [1.807, 2.05) is 67.7 Å². The van der Waals surface area contributed by atoms with Crippen LogP contribution in [0.1, 0.15) is 124 Å². The van der Waals surface area contributed by atoms with Crippen molar-refractivity contribution in [2.24, 2.45) is 5.92 Å². The summed E-state index contributed by atoms with van der Waals surface area (Å²) >= 11 is 20.6. The number of nitrogens with two attached hydrogens (primary N) is 3. The van der Waals surface area contributed by atoms with Gasteiger partial charge in [-0.3, -0.25) is 70.6 Å². The van der Waals surface area contributed by atoms with Crippen molar-refractivity contribution in [3.8, 4) is 0 Å². The van der Waals surface area contributed by atoms with Crippen molar-refractivity contribution >= 4 is 188 Å². The lowest BCUT2D eigenvalue weighted by atomic mass is 9.40. The lowest BCUT2D eigenvalue weighted by Gasteiger charge is -2.40. The van der Waals surface area contributed by atoms with Gasteiger partial charge in [-0.25, -0.2) is 53.2 Å². The number of carbonyl (C=O) groups excluding carboxylic acids is 1. The van der Waals surface area contributed by atoms with E-state index < -0.39 is 191 Å². The highest BCUT2D eigenvalue weighted by molar-refractivity contribution is 8.44. The fraction of sp³-hybridized carbons (Fsp3) is 0.667. The monoisotopic (exact) mass is 1870 g/mol. The molecule has 6 aliphatic heterocycles. The lowest BCUT2D eigenvalue weighted by molar-refractivity contribution is -0.119. The van der Waals surface area contributed by atoms with E-state index in [9.17, 15) is 33.6 Å². The standard InChI is InChI=1S/C30H43FN10O11P2S2Si.C26H37FN10O10P2S2Si.C2H6O.5CH4.B3/c1-13(2)25(42)38-29-37-24-18(26(43)39-29)36-12-41(24)28-21-20(52-57(6,7)30(3,4)5)15(49-28)9-47-53(44,55)50-19-14(8-46-54(45,56)51-21)48-27(16(19)31)40-11-35-17-22(32)33-10-34-23(17)40;1-26(2,3)52(4,5)47-17-12-7-42-48(39,50)45-16-11(43-23(13(16)27)36-9-32-14-19(28)30-8-31-20(14)36)6-41-49(40,51)46-18(17)24(44-12)37-10-33-15-21(37)34-25(29)35-22(15)38;1-2-3;;;;;;1-3-2/h10-16,19-21,27-28H,8-9H2,1-7H3,(H,44,55)(H,45,56)(H2,32,33,34)(H2,37,38,39,42,43);8-13,16-18,23-24H,6-7H2,1-5H3,(H,39,50)(H,40,51)(H2,28,30,31)(H3,29,34,35,38);3H,2H2,1H3;5*1H4;/t14-,15-,16?,19+,20+,21?,27-,28-,53?,54?;11-,12-,13?,16+,17+,18?,23-,24-,48?,49?;;;;;;;/m11......./s1. The summed E-state index contributed by atoms with van der Waals surface area (Å²) in [6, 6.07) is 0. The Morgan fingerprint density at radius 3 is 1.32 bits per heavy atom. The number of fused-ring (bicyclic) bond motifs is 10. The molecule has 14 heterocycles. The van der Waals surface area contributed by atoms with Crippen LogP contribution in [0, 0.1) is 5.92 Å². The van der Waals surface area contributed by atoms with Crippen LogP contribution in [0.4, 0.5) is 32.3 Å². The number of hydrogen-bond donors (Lipinski definition) is 11. The molecule has 0 aromatic carbocycles. The molecule has 665 valence electrons. The molecule has 0 aliphatic carbocycles. The topological polar surface area (TPSA) is 549 Å². The second kappa shape index (κ2) is 40.3. The SMILES string of the molecule is C.C.C.C.C.CC(C)(C)[Si](C)(C)O[C@@H]1C2OP(O)(=S)OC[C@H]3O[C@@H](n4cnc5c(N)ncnc54)C(F)[C@H]3OP(=O)(S)OC[C@H]1O[C@H]2n1cnc2c(=O)[nH]c(N)nc21.CC(C)C(=O)Nc1nc2c(ncn2[C@@H]2O[C@@H]3COP(O)(=S)O[C@@H]4C(F)[C@H](n5cnc6c(N)ncnc65)O[C@@H]4COP(O)(=S)OC2[C@H]3O[Si](C)(C)C(C)(C)C)c(=O)[nH]1.CCO.[B][B][B]. The van der Waals surface area contributed by atoms with Gasteiger partial charge in [0.15, 0.2) is 99.1 Å². The van der Waals surface area contributed by atoms with Crippen LogP contribution in [0.25, 0.3) is 44.7 Å². The number of aliphatic hydroxyl groups excluding tert-OH is 1. The highest BCUT2D eigenvalue weighted by Gasteiger charge is 2.59. The summed E-state index contributed by atoms with van der Waals surface area (Å²) < 4.78 is 138. The summed E-state index contributed by atoms with van der Waals surface area (Å²) in [5, 5.41) is 9.46. The number of aliphatic hydroxyl groups is 1. The molecular formula is C63H106B3F2N20O22P4S4Si2. The molecule has 1 amide bonds. The van der Waals surface area contributed by atoms with E-state index in [-0.39, 0.29) is 122 Å². The van der Waals surface area contributed by atoms with Crippen molar-refractivity contribution in [3.05, 3.63) is 58.7 Å². The zero-order valence-electron chi connectivity index (χ0n) is 63.9. The molecule has 5 radical (unpaired) electrons. The van der Waals surface area contributed by atoms with Gasteiger partial charge in [0.05, 0.1) is 51.7 Å². The van der Waals surface area contributed by atoms with Gasteiger partial charge in [0, 0.05) is 35.1 Å². The van der Waals surface area contributed by atoms with Crippen LogP contribution in [-0.4, -0.2) is 249 Å². The van der Waals surface area contributed by atoms with E-state index in [4.69, 9.17) is 122 Å². The molecule has 6 aliphatic rings. The van der Waals surface area contributed by atoms with Crippen molar-refractivity contribution in [2.75, 3.05) is 55.6 Å². The second-order valence-corrected chi connectivity index (χ2v) is 50.8. The number of nitrogens with zero attached hydrogens (tertiary/aromatic N) is 14. The van der Waals surface area contributed by atoms with Crippen LogP contribution in [0.2, 0.25) is 36.3 Å². The average molecular weight is 1870 g/mol. The molecule has 20 atom stereocenters. The van der Waals surface area contributed by atoms with Crippen LogP contribution in [0.5, 0.6) is 0 Å². The van der Waals surface area contributed by atoms with Crippen LogP contribution >= 0.6 is 39.2 Å². The third kappa shape index (κ3) is 22.5. The number of anilines is 4. The van der Waals surface area contributed by atoms with E-state index in [1.165, 1.54) is 56.2 Å². The Bertz CT molecular complexity index is 5210. The number of aromatic nitrogens is 16. The summed E-state index contributed by atoms with van der Waals surface area (Å²) in [5.74, 6) is -1.05. The minimum atomic E-state index is -4.42. The first kappa shape index (κ1) is 104. The van der Waals surface area contributed by atoms with E-state index in [0.29, 0.717) is 0 Å². The van der Waals surface area contributed by atoms with Gasteiger partial charge in [-0.2, -0.15) is 9.97 Å². The highest BCUT2D eigenvalue weighted by atomic mass is 32.7. The van der Waals surface area contributed by atoms with Gasteiger partial charge < -0.3 is 78.4 Å². The molecule has 6 fully saturated rings. The molecule has 6 saturated heterocycles. The maximum atomic E-state index is 16.4. The fourth-order valence-electron chi connectivity index (χ4n) is 12.1. The van der Waals surface area contributed by atoms with Gasteiger partial charge >= 0.3 is 27.0 Å². The Morgan fingerprint density at radius 2 is 0.925 bits per heavy atom. The molecule has 4 bridgehead atoms. The van der Waals surface area contributed by atoms with Crippen molar-refractivity contribution in [1.82, 2.24) is 78.1 Å². The number of nitrogens with one attached hydrogen (secondary N) is 3. The van der Waals surface area contributed by atoms with E-state index in [1.54, 1.807) is 20.8 Å². The maximum Gasteiger partial charge on any atom is 0.386 e. The van der Waals surface area contributed by atoms with E-state index in [0.717, 1.165) is 7.06 Å². The maximum absolute atomic E-state index is 16.4. The molecule has 0 spiro atoms. The number of thiol groups is 1. The number of alkyl halides is 2. The number of amides is 1. The third-order valence-corrected chi connectivity index (χ3v) is 35.0. The van der Waals surface area contributed by atoms with Crippen LogP contribution in [-0.2, 0) is 109 Å². The predicted molar refractivity (Wildman–Crippen MR) is 466 cm³/mol. The highest BCUT2D eigenvalue weighted by Crippen LogP contribution is 2.60. The number of rotatable bonds is 10. The minimum Gasteiger partial charge on any atom is -0.408 e. The molecule has 8 aromatic rings. The molecule has 0 saturated carbocycles. The van der Waals surface area contributed by atoms with Crippen molar-refractivity contribution < 1.29 is 102 Å². The second-order valence-electron chi connectivity index (χ2n) is 30.0. The Hall–Kier alpha value is -5.03. The number of aromatic amines is 2. The number of ether oxygens (including phenoxy) is 4. The minimum absolute atomic E-state index is 0. The van der Waals surface area contributed by atoms with Crippen LogP contribution in [0.3, 0.4) is 0 Å². The summed E-state index contributed by atoms with van der Waals surface area (Å²) in [5.41, 5.74) is 17.0. The Balaban J connectivity index is 0.000000337. The smallest absolute Gasteiger partial charge is 0.386 e. The Morgan fingerprint density at radius 1 is 0.592 bits per heavy atom. The van der Waals surface area contributed by atoms with E-state index >= 15 is 8.78 Å². The fourth-order valence-corrected chi connectivity index (χ4v) is 20.5. The Kier molecular flexibility index (Phi) is 34.8. The summed E-state index contributed by atoms with van der Waals surface area (Å²) in [6.45, 7) is 5.76. The number of halogens is 2. The molecule has 13 N–H and O–H groups in total. The number of nitrogen functional groups attached to an aromatic ring is 3. The third-order valence-electron chi connectivity index (χ3n) is 19.7. The quantitative estimate of drug-likeness (QED) is 0.0355. The molecule has 8 aromatic heterocycles. The van der Waals surface area contributed by atoms with Crippen molar-refractivity contribution in [1.29, 1.82) is 0 Å². The van der Waals surface area contributed by atoms with E-state index in [2.05, 4.69) is 92.8 Å². The number of H-pyrrole nitrogens is 2. The predicted octanol–water partition coefficient (Wildman–Crippen LogP) is 7.67. The van der Waals surface area contributed by atoms with Gasteiger partial charge in [0.25, 0.3) is 11.1 Å². The van der Waals surface area contributed by atoms with Gasteiger partial charge in [-0.15, -0.1) is 0 Å². The number of carbonyl (C=O) groups is 1. The van der Waals surface area contributed by atoms with Crippen LogP contribution in [0.15, 0.2) is 47.6 Å². The zero-order valence-corrected chi connectivity index (χ0v) is 72.8. The van der Waals surface area contributed by atoms with Gasteiger partial charge in [-0.1, -0.05) is 105 Å². The molecule has 57 heteroatoms. The van der Waals surface area contributed by atoms with Gasteiger partial charge in [0.2, 0.25) is 17.8 Å². The lowest BCUT2D eigenvalue weighted by Crippen LogP contribution is -2.50. The van der Waals surface area contributed by atoms with Gasteiger partial charge in [0.1, 0.15) is 84.7 Å². The zero-order chi connectivity index (χ0) is 84.4. The Labute approximate surface area is 717 Å². The normalized spacial score (nSPS) is 31.0. The molecule has 120 heavy (non-hydrogen) atoms. The average Bonchev–Trinajstić information content (AvgIpc) is 1.59.